The molecule has 2 aliphatic carbocycles. The van der Waals surface area contributed by atoms with E-state index in [-0.39, 0.29) is 0 Å². The molecule has 2 N–H and O–H groups in total. The quantitative estimate of drug-likeness (QED) is 0.591. The van der Waals surface area contributed by atoms with Crippen LogP contribution in [-0.4, -0.2) is 30.2 Å². The number of nitrogens with one attached hydrogen (secondary N) is 2. The maximum Gasteiger partial charge on any atom is 0.191 e. The Morgan fingerprint density at radius 3 is 2.60 bits per heavy atom. The first kappa shape index (κ1) is 13.5. The summed E-state index contributed by atoms with van der Waals surface area (Å²) in [7, 11) is 0. The topological polar surface area (TPSA) is 41.4 Å². The predicted molar refractivity (Wildman–Crippen MR) is 82.8 cm³/mol. The lowest BCUT2D eigenvalue weighted by atomic mass is 10.0. The molecule has 2 saturated carbocycles. The Hall–Kier alpha value is -1.45. The minimum absolute atomic E-state index is 0.586. The highest BCUT2D eigenvalue weighted by atomic mass is 15.2. The summed E-state index contributed by atoms with van der Waals surface area (Å²) >= 11 is 0. The van der Waals surface area contributed by atoms with E-state index in [0.29, 0.717) is 5.41 Å². The standard InChI is InChI=1S/C16H26N4/c1-2-17-15(18-9-12-20-10-3-4-11-20)19-13-16(7-8-16)14-5-6-14/h3-4,10-11,14H,2,5-9,12-13H2,1H3,(H2,17,18,19). The summed E-state index contributed by atoms with van der Waals surface area (Å²) < 4.78 is 2.18. The maximum atomic E-state index is 4.81. The molecule has 0 aliphatic heterocycles. The van der Waals surface area contributed by atoms with Crippen molar-refractivity contribution in [2.24, 2.45) is 16.3 Å². The lowest BCUT2D eigenvalue weighted by Gasteiger charge is -2.15. The fourth-order valence-electron chi connectivity index (χ4n) is 2.95. The van der Waals surface area contributed by atoms with Gasteiger partial charge in [-0.15, -0.1) is 0 Å². The molecule has 0 radical (unpaired) electrons. The third kappa shape index (κ3) is 3.35. The Kier molecular flexibility index (Phi) is 3.99. The maximum absolute atomic E-state index is 4.81. The zero-order chi connectivity index (χ0) is 13.8. The molecule has 4 nitrogen and oxygen atoms in total. The molecule has 1 heterocycles. The first-order valence-electron chi connectivity index (χ1n) is 7.95. The van der Waals surface area contributed by atoms with Crippen molar-refractivity contribution in [3.63, 3.8) is 0 Å². The van der Waals surface area contributed by atoms with Crippen LogP contribution in [0.5, 0.6) is 0 Å². The summed E-state index contributed by atoms with van der Waals surface area (Å²) in [4.78, 5) is 4.81. The van der Waals surface area contributed by atoms with Gasteiger partial charge in [0.05, 0.1) is 0 Å². The molecule has 0 spiro atoms. The van der Waals surface area contributed by atoms with Gasteiger partial charge in [-0.05, 0) is 56.1 Å². The Balaban J connectivity index is 1.47. The van der Waals surface area contributed by atoms with Gasteiger partial charge in [-0.2, -0.15) is 0 Å². The average Bonchev–Trinajstić information content (AvgIpc) is 3.36. The summed E-state index contributed by atoms with van der Waals surface area (Å²) in [5, 5.41) is 6.79. The number of hydrogen-bond acceptors (Lipinski definition) is 1. The molecule has 1 aromatic rings. The summed E-state index contributed by atoms with van der Waals surface area (Å²) in [6, 6.07) is 4.12. The van der Waals surface area contributed by atoms with E-state index >= 15 is 0 Å². The number of rotatable bonds is 7. The second kappa shape index (κ2) is 5.90. The van der Waals surface area contributed by atoms with Crippen LogP contribution in [-0.2, 0) is 6.54 Å². The predicted octanol–water partition coefficient (Wildman–Crippen LogP) is 2.23. The summed E-state index contributed by atoms with van der Waals surface area (Å²) in [5.74, 6) is 1.96. The first-order chi connectivity index (χ1) is 9.82. The smallest absolute Gasteiger partial charge is 0.191 e. The second-order valence-corrected chi connectivity index (χ2v) is 6.18. The normalized spacial score (nSPS) is 20.8. The van der Waals surface area contributed by atoms with Crippen LogP contribution in [0.2, 0.25) is 0 Å². The van der Waals surface area contributed by atoms with Crippen molar-refractivity contribution in [3.05, 3.63) is 24.5 Å². The molecule has 2 aliphatic rings. The van der Waals surface area contributed by atoms with Crippen LogP contribution in [0.1, 0.15) is 32.6 Å². The van der Waals surface area contributed by atoms with Crippen LogP contribution >= 0.6 is 0 Å². The van der Waals surface area contributed by atoms with Gasteiger partial charge in [-0.3, -0.25) is 4.99 Å². The van der Waals surface area contributed by atoms with Crippen molar-refractivity contribution in [1.82, 2.24) is 15.2 Å². The van der Waals surface area contributed by atoms with Gasteiger partial charge < -0.3 is 15.2 Å². The van der Waals surface area contributed by atoms with Crippen LogP contribution in [0.3, 0.4) is 0 Å². The monoisotopic (exact) mass is 274 g/mol. The summed E-state index contributed by atoms with van der Waals surface area (Å²) in [6.45, 7) is 5.95. The molecule has 2 fully saturated rings. The van der Waals surface area contributed by atoms with E-state index in [0.717, 1.165) is 38.1 Å². The van der Waals surface area contributed by atoms with Crippen molar-refractivity contribution in [1.29, 1.82) is 0 Å². The fourth-order valence-corrected chi connectivity index (χ4v) is 2.95. The van der Waals surface area contributed by atoms with E-state index in [2.05, 4.69) is 46.7 Å². The minimum Gasteiger partial charge on any atom is -0.357 e. The van der Waals surface area contributed by atoms with Gasteiger partial charge in [0, 0.05) is 38.6 Å². The molecule has 0 atom stereocenters. The van der Waals surface area contributed by atoms with Crippen LogP contribution in [0, 0.1) is 11.3 Å². The molecule has 0 aromatic carbocycles. The summed E-state index contributed by atoms with van der Waals surface area (Å²) in [6.07, 6.45) is 9.85. The number of aromatic nitrogens is 1. The van der Waals surface area contributed by atoms with Crippen molar-refractivity contribution in [2.45, 2.75) is 39.2 Å². The Morgan fingerprint density at radius 2 is 2.00 bits per heavy atom. The van der Waals surface area contributed by atoms with Gasteiger partial charge in [-0.1, -0.05) is 0 Å². The molecule has 0 bridgehead atoms. The lowest BCUT2D eigenvalue weighted by Crippen LogP contribution is -2.39. The van der Waals surface area contributed by atoms with Gasteiger partial charge >= 0.3 is 0 Å². The van der Waals surface area contributed by atoms with Gasteiger partial charge in [0.25, 0.3) is 0 Å². The number of guanidine groups is 1. The number of hydrogen-bond donors (Lipinski definition) is 2. The van der Waals surface area contributed by atoms with E-state index in [1.54, 1.807) is 0 Å². The Labute approximate surface area is 121 Å². The minimum atomic E-state index is 0.586. The molecule has 4 heteroatoms. The molecular weight excluding hydrogens is 248 g/mol. The lowest BCUT2D eigenvalue weighted by molar-refractivity contribution is 0.452. The highest BCUT2D eigenvalue weighted by Gasteiger charge is 2.53. The van der Waals surface area contributed by atoms with E-state index in [9.17, 15) is 0 Å². The molecular formula is C16H26N4. The Morgan fingerprint density at radius 1 is 1.25 bits per heavy atom. The van der Waals surface area contributed by atoms with E-state index in [1.807, 2.05) is 0 Å². The SMILES string of the molecule is CCNC(=NCC1(C2CC2)CC1)NCCn1cccc1. The van der Waals surface area contributed by atoms with E-state index < -0.39 is 0 Å². The zero-order valence-corrected chi connectivity index (χ0v) is 12.4. The van der Waals surface area contributed by atoms with Crippen LogP contribution in [0.15, 0.2) is 29.5 Å². The molecule has 0 saturated heterocycles. The molecule has 0 amide bonds. The average molecular weight is 274 g/mol. The molecule has 0 unspecified atom stereocenters. The summed E-state index contributed by atoms with van der Waals surface area (Å²) in [5.41, 5.74) is 0.586. The fraction of sp³-hybridized carbons (Fsp3) is 0.688. The number of nitrogens with zero attached hydrogens (tertiary/aromatic N) is 2. The van der Waals surface area contributed by atoms with Crippen LogP contribution in [0.4, 0.5) is 0 Å². The first-order valence-corrected chi connectivity index (χ1v) is 7.95. The molecule has 1 aromatic heterocycles. The molecule has 3 rings (SSSR count). The van der Waals surface area contributed by atoms with Crippen LogP contribution < -0.4 is 10.6 Å². The second-order valence-electron chi connectivity index (χ2n) is 6.18. The highest BCUT2D eigenvalue weighted by molar-refractivity contribution is 5.79. The Bertz CT molecular complexity index is 441. The molecule has 110 valence electrons. The van der Waals surface area contributed by atoms with Crippen molar-refractivity contribution in [3.8, 4) is 0 Å². The van der Waals surface area contributed by atoms with Crippen molar-refractivity contribution < 1.29 is 0 Å². The van der Waals surface area contributed by atoms with Crippen molar-refractivity contribution in [2.75, 3.05) is 19.6 Å². The van der Waals surface area contributed by atoms with Gasteiger partial charge in [0.2, 0.25) is 0 Å². The van der Waals surface area contributed by atoms with E-state index in [4.69, 9.17) is 4.99 Å². The van der Waals surface area contributed by atoms with Crippen LogP contribution in [0.25, 0.3) is 0 Å². The number of aliphatic imine (C=N–C) groups is 1. The third-order valence-electron chi connectivity index (χ3n) is 4.56. The van der Waals surface area contributed by atoms with Crippen molar-refractivity contribution >= 4 is 5.96 Å². The third-order valence-corrected chi connectivity index (χ3v) is 4.56. The molecule has 20 heavy (non-hydrogen) atoms. The zero-order valence-electron chi connectivity index (χ0n) is 12.4. The van der Waals surface area contributed by atoms with E-state index in [1.165, 1.54) is 25.7 Å². The van der Waals surface area contributed by atoms with Gasteiger partial charge in [0.1, 0.15) is 0 Å². The largest absolute Gasteiger partial charge is 0.357 e. The van der Waals surface area contributed by atoms with Gasteiger partial charge in [0.15, 0.2) is 5.96 Å². The highest BCUT2D eigenvalue weighted by Crippen LogP contribution is 2.61. The van der Waals surface area contributed by atoms with Gasteiger partial charge in [-0.25, -0.2) is 0 Å².